The Morgan fingerprint density at radius 3 is 1.86 bits per heavy atom. The van der Waals surface area contributed by atoms with E-state index in [1.54, 1.807) is 14.2 Å². The average Bonchev–Trinajstić information content (AvgIpc) is 2.67. The summed E-state index contributed by atoms with van der Waals surface area (Å²) in [6.45, 7) is 9.80. The van der Waals surface area contributed by atoms with Gasteiger partial charge in [0.2, 0.25) is 5.91 Å². The summed E-state index contributed by atoms with van der Waals surface area (Å²) in [7, 11) is 3.30. The maximum absolute atomic E-state index is 11.9. The van der Waals surface area contributed by atoms with E-state index in [0.717, 1.165) is 46.8 Å². The second-order valence-electron chi connectivity index (χ2n) is 7.43. The largest absolute Gasteiger partial charge is 0.496 e. The number of amides is 1. The second-order valence-corrected chi connectivity index (χ2v) is 7.43. The number of nitrogens with two attached hydrogens (primary N) is 1. The topological polar surface area (TPSA) is 73.6 Å². The number of rotatable bonds is 5. The highest BCUT2D eigenvalue weighted by Gasteiger charge is 2.22. The quantitative estimate of drug-likeness (QED) is 0.703. The number of benzene rings is 2. The minimum atomic E-state index is -0.395. The summed E-state index contributed by atoms with van der Waals surface area (Å²) in [5.41, 5.74) is 9.11. The molecule has 0 atom stereocenters. The fourth-order valence-corrected chi connectivity index (χ4v) is 2.70. The van der Waals surface area contributed by atoms with Crippen molar-refractivity contribution in [3.63, 3.8) is 0 Å². The molecule has 0 spiro atoms. The number of anilines is 2. The minimum Gasteiger partial charge on any atom is -0.496 e. The number of carbonyl (C=O) groups is 1. The molecule has 0 radical (unpaired) electrons. The van der Waals surface area contributed by atoms with Gasteiger partial charge in [0.1, 0.15) is 11.5 Å². The van der Waals surface area contributed by atoms with Crippen LogP contribution < -0.4 is 20.5 Å². The molecule has 5 heteroatoms. The number of carbonyl (C=O) groups excluding carboxylic acids is 1. The van der Waals surface area contributed by atoms with Crippen molar-refractivity contribution >= 4 is 17.3 Å². The van der Waals surface area contributed by atoms with Crippen LogP contribution in [-0.2, 0) is 17.6 Å². The number of hydrogen-bond acceptors (Lipinski definition) is 4. The molecular weight excluding hydrogens is 352 g/mol. The van der Waals surface area contributed by atoms with Crippen molar-refractivity contribution in [3.05, 3.63) is 47.5 Å². The number of ether oxygens (including phenoxy) is 2. The number of nitrogen functional groups attached to an aromatic ring is 1. The summed E-state index contributed by atoms with van der Waals surface area (Å²) in [5.74, 6) is 1.71. The molecule has 0 unspecified atom stereocenters. The lowest BCUT2D eigenvalue weighted by atomic mass is 9.95. The van der Waals surface area contributed by atoms with Gasteiger partial charge in [-0.25, -0.2) is 0 Å². The van der Waals surface area contributed by atoms with Crippen LogP contribution in [0.4, 0.5) is 11.4 Å². The molecule has 0 heterocycles. The molecule has 2 aromatic rings. The first-order valence-electron chi connectivity index (χ1n) is 9.58. The van der Waals surface area contributed by atoms with Crippen LogP contribution in [-0.4, -0.2) is 20.1 Å². The van der Waals surface area contributed by atoms with E-state index in [1.165, 1.54) is 0 Å². The highest BCUT2D eigenvalue weighted by atomic mass is 16.5. The molecule has 5 nitrogen and oxygen atoms in total. The van der Waals surface area contributed by atoms with Gasteiger partial charge in [0.25, 0.3) is 0 Å². The molecule has 3 N–H and O–H groups in total. The fourth-order valence-electron chi connectivity index (χ4n) is 2.70. The lowest BCUT2D eigenvalue weighted by Gasteiger charge is -2.20. The third kappa shape index (κ3) is 6.19. The van der Waals surface area contributed by atoms with Crippen molar-refractivity contribution in [3.8, 4) is 11.5 Å². The van der Waals surface area contributed by atoms with Gasteiger partial charge in [-0.1, -0.05) is 46.8 Å². The highest BCUT2D eigenvalue weighted by molar-refractivity contribution is 5.95. The Hall–Kier alpha value is -2.69. The van der Waals surface area contributed by atoms with Crippen molar-refractivity contribution in [1.82, 2.24) is 0 Å². The minimum absolute atomic E-state index is 0.0143. The fraction of sp³-hybridized carbons (Fsp3) is 0.435. The number of methoxy groups -OCH3 is 2. The van der Waals surface area contributed by atoms with Gasteiger partial charge in [0.05, 0.1) is 14.2 Å². The van der Waals surface area contributed by atoms with E-state index in [-0.39, 0.29) is 5.91 Å². The smallest absolute Gasteiger partial charge is 0.229 e. The van der Waals surface area contributed by atoms with E-state index in [9.17, 15) is 4.79 Å². The molecule has 0 aliphatic carbocycles. The average molecular weight is 387 g/mol. The molecule has 154 valence electrons. The van der Waals surface area contributed by atoms with Crippen molar-refractivity contribution < 1.29 is 14.3 Å². The Morgan fingerprint density at radius 2 is 1.43 bits per heavy atom. The Morgan fingerprint density at radius 1 is 0.929 bits per heavy atom. The maximum Gasteiger partial charge on any atom is 0.229 e. The Balaban J connectivity index is 0.000000307. The molecule has 0 fully saturated rings. The van der Waals surface area contributed by atoms with Gasteiger partial charge in [0.15, 0.2) is 0 Å². The lowest BCUT2D eigenvalue weighted by molar-refractivity contribution is -0.123. The third-order valence-corrected chi connectivity index (χ3v) is 4.38. The summed E-state index contributed by atoms with van der Waals surface area (Å²) < 4.78 is 10.4. The predicted molar refractivity (Wildman–Crippen MR) is 117 cm³/mol. The SMILES string of the molecule is CCc1c(N)cccc1OC.CCc1c(NC(=O)C(C)(C)C)cccc1OC. The van der Waals surface area contributed by atoms with Gasteiger partial charge in [-0.3, -0.25) is 4.79 Å². The van der Waals surface area contributed by atoms with E-state index >= 15 is 0 Å². The monoisotopic (exact) mass is 386 g/mol. The molecule has 2 aromatic carbocycles. The van der Waals surface area contributed by atoms with E-state index in [0.29, 0.717) is 0 Å². The normalized spacial score (nSPS) is 10.5. The van der Waals surface area contributed by atoms with Crippen molar-refractivity contribution in [2.75, 3.05) is 25.3 Å². The van der Waals surface area contributed by atoms with E-state index in [1.807, 2.05) is 64.1 Å². The summed E-state index contributed by atoms with van der Waals surface area (Å²) in [6, 6.07) is 11.4. The summed E-state index contributed by atoms with van der Waals surface area (Å²) in [4.78, 5) is 11.9. The van der Waals surface area contributed by atoms with Crippen LogP contribution in [0, 0.1) is 5.41 Å². The molecular formula is C23H34N2O3. The van der Waals surface area contributed by atoms with Gasteiger partial charge in [0, 0.05) is 27.9 Å². The predicted octanol–water partition coefficient (Wildman–Crippen LogP) is 5.08. The van der Waals surface area contributed by atoms with Crippen LogP contribution in [0.3, 0.4) is 0 Å². The second kappa shape index (κ2) is 10.6. The molecule has 0 aliphatic rings. The van der Waals surface area contributed by atoms with Gasteiger partial charge in [-0.2, -0.15) is 0 Å². The first-order valence-corrected chi connectivity index (χ1v) is 9.58. The molecule has 0 saturated carbocycles. The standard InChI is InChI=1S/C14H21NO2.C9H13NO/c1-6-10-11(8-7-9-12(10)17-5)15-13(16)14(2,3)4;1-3-7-8(10)5-4-6-9(7)11-2/h7-9H,6H2,1-5H3,(H,15,16);4-6H,3,10H2,1-2H3. The van der Waals surface area contributed by atoms with Crippen LogP contribution in [0.15, 0.2) is 36.4 Å². The van der Waals surface area contributed by atoms with E-state index in [4.69, 9.17) is 15.2 Å². The number of nitrogens with one attached hydrogen (secondary N) is 1. The van der Waals surface area contributed by atoms with Crippen molar-refractivity contribution in [2.24, 2.45) is 5.41 Å². The molecule has 28 heavy (non-hydrogen) atoms. The summed E-state index contributed by atoms with van der Waals surface area (Å²) >= 11 is 0. The molecule has 0 aromatic heterocycles. The van der Waals surface area contributed by atoms with Crippen LogP contribution >= 0.6 is 0 Å². The highest BCUT2D eigenvalue weighted by Crippen LogP contribution is 2.28. The van der Waals surface area contributed by atoms with Gasteiger partial charge < -0.3 is 20.5 Å². The zero-order valence-electron chi connectivity index (χ0n) is 18.2. The van der Waals surface area contributed by atoms with Crippen molar-refractivity contribution in [1.29, 1.82) is 0 Å². The molecule has 0 aliphatic heterocycles. The van der Waals surface area contributed by atoms with Crippen LogP contribution in [0.5, 0.6) is 11.5 Å². The number of hydrogen-bond donors (Lipinski definition) is 2. The van der Waals surface area contributed by atoms with Gasteiger partial charge >= 0.3 is 0 Å². The molecule has 1 amide bonds. The first-order chi connectivity index (χ1) is 13.2. The summed E-state index contributed by atoms with van der Waals surface area (Å²) in [5, 5.41) is 2.96. The molecule has 0 bridgehead atoms. The van der Waals surface area contributed by atoms with E-state index < -0.39 is 5.41 Å². The Labute approximate surface area is 169 Å². The Bertz CT molecular complexity index is 780. The summed E-state index contributed by atoms with van der Waals surface area (Å²) in [6.07, 6.45) is 1.74. The Kier molecular flexibility index (Phi) is 8.83. The van der Waals surface area contributed by atoms with Crippen LogP contribution in [0.2, 0.25) is 0 Å². The van der Waals surface area contributed by atoms with Crippen LogP contribution in [0.1, 0.15) is 45.7 Å². The first kappa shape index (κ1) is 23.3. The van der Waals surface area contributed by atoms with Gasteiger partial charge in [-0.05, 0) is 37.1 Å². The van der Waals surface area contributed by atoms with Crippen LogP contribution in [0.25, 0.3) is 0 Å². The van der Waals surface area contributed by atoms with Crippen molar-refractivity contribution in [2.45, 2.75) is 47.5 Å². The molecule has 0 saturated heterocycles. The maximum atomic E-state index is 11.9. The van der Waals surface area contributed by atoms with E-state index in [2.05, 4.69) is 12.2 Å². The third-order valence-electron chi connectivity index (χ3n) is 4.38. The zero-order chi connectivity index (χ0) is 21.3. The van der Waals surface area contributed by atoms with Gasteiger partial charge in [-0.15, -0.1) is 0 Å². The zero-order valence-corrected chi connectivity index (χ0v) is 18.2. The lowest BCUT2D eigenvalue weighted by Crippen LogP contribution is -2.28. The molecule has 2 rings (SSSR count).